The summed E-state index contributed by atoms with van der Waals surface area (Å²) in [4.78, 5) is 12.4. The summed E-state index contributed by atoms with van der Waals surface area (Å²) < 4.78 is 40.7. The number of rotatable bonds is 2. The largest absolute Gasteiger partial charge is 0.437 e. The number of anilines is 1. The first-order valence-electron chi connectivity index (χ1n) is 9.35. The molecular formula is C19H23F3N4. The van der Waals surface area contributed by atoms with Crippen LogP contribution in [0.25, 0.3) is 11.0 Å². The van der Waals surface area contributed by atoms with E-state index >= 15 is 0 Å². The Hall–Kier alpha value is -1.89. The summed E-state index contributed by atoms with van der Waals surface area (Å²) in [6.45, 7) is 2.70. The molecule has 4 rings (SSSR count). The molecule has 4 nitrogen and oxygen atoms in total. The minimum Gasteiger partial charge on any atom is -0.352 e. The van der Waals surface area contributed by atoms with E-state index in [9.17, 15) is 13.2 Å². The average Bonchev–Trinajstić information content (AvgIpc) is 2.67. The molecule has 0 N–H and O–H groups in total. The van der Waals surface area contributed by atoms with Gasteiger partial charge in [-0.2, -0.15) is 13.2 Å². The fraction of sp³-hybridized carbons (Fsp3) is 0.579. The van der Waals surface area contributed by atoms with E-state index in [4.69, 9.17) is 0 Å². The maximum Gasteiger partial charge on any atom is 0.437 e. The summed E-state index contributed by atoms with van der Waals surface area (Å²) in [6, 6.07) is 7.33. The van der Waals surface area contributed by atoms with E-state index in [2.05, 4.69) is 14.9 Å². The van der Waals surface area contributed by atoms with E-state index < -0.39 is 11.9 Å². The van der Waals surface area contributed by atoms with Crippen molar-refractivity contribution in [3.8, 4) is 0 Å². The van der Waals surface area contributed by atoms with Gasteiger partial charge in [-0.05, 0) is 25.0 Å². The summed E-state index contributed by atoms with van der Waals surface area (Å²) in [5, 5.41) is 0. The Kier molecular flexibility index (Phi) is 4.73. The lowest BCUT2D eigenvalue weighted by molar-refractivity contribution is -0.140. The molecule has 2 fully saturated rings. The second kappa shape index (κ2) is 7.02. The molecule has 0 atom stereocenters. The third-order valence-electron chi connectivity index (χ3n) is 5.53. The summed E-state index contributed by atoms with van der Waals surface area (Å²) in [6.07, 6.45) is 1.75. The van der Waals surface area contributed by atoms with Crippen LogP contribution in [0, 0.1) is 0 Å². The van der Waals surface area contributed by atoms with Gasteiger partial charge in [0.25, 0.3) is 0 Å². The van der Waals surface area contributed by atoms with Crippen LogP contribution in [-0.2, 0) is 6.18 Å². The first-order valence-corrected chi connectivity index (χ1v) is 9.35. The lowest BCUT2D eigenvalue weighted by atomic mass is 9.94. The third kappa shape index (κ3) is 3.49. The van der Waals surface area contributed by atoms with Gasteiger partial charge in [0.2, 0.25) is 0 Å². The van der Waals surface area contributed by atoms with E-state index in [-0.39, 0.29) is 11.3 Å². The molecule has 1 saturated heterocycles. The number of halogens is 3. The molecule has 1 aliphatic carbocycles. The Morgan fingerprint density at radius 2 is 1.46 bits per heavy atom. The molecule has 2 aliphatic rings. The van der Waals surface area contributed by atoms with Crippen LogP contribution in [0.2, 0.25) is 0 Å². The van der Waals surface area contributed by atoms with Crippen LogP contribution in [0.3, 0.4) is 0 Å². The highest BCUT2D eigenvalue weighted by Gasteiger charge is 2.39. The lowest BCUT2D eigenvalue weighted by Gasteiger charge is -2.41. The van der Waals surface area contributed by atoms with Gasteiger partial charge in [-0.1, -0.05) is 31.4 Å². The zero-order chi connectivity index (χ0) is 18.1. The predicted octanol–water partition coefficient (Wildman–Crippen LogP) is 4.10. The minimum atomic E-state index is -4.51. The smallest absolute Gasteiger partial charge is 0.352 e. The summed E-state index contributed by atoms with van der Waals surface area (Å²) in [7, 11) is 0. The third-order valence-corrected chi connectivity index (χ3v) is 5.53. The van der Waals surface area contributed by atoms with Crippen molar-refractivity contribution in [2.24, 2.45) is 0 Å². The van der Waals surface area contributed by atoms with Crippen LogP contribution in [0.15, 0.2) is 24.3 Å². The number of hydrogen-bond donors (Lipinski definition) is 0. The van der Waals surface area contributed by atoms with Crippen molar-refractivity contribution in [2.45, 2.75) is 44.3 Å². The van der Waals surface area contributed by atoms with Gasteiger partial charge in [0.05, 0.1) is 11.0 Å². The number of benzene rings is 1. The number of fused-ring (bicyclic) bond motifs is 1. The van der Waals surface area contributed by atoms with E-state index in [1.165, 1.54) is 32.1 Å². The quantitative estimate of drug-likeness (QED) is 0.803. The Morgan fingerprint density at radius 3 is 2.08 bits per heavy atom. The number of piperazine rings is 1. The van der Waals surface area contributed by atoms with Crippen molar-refractivity contribution in [3.63, 3.8) is 0 Å². The lowest BCUT2D eigenvalue weighted by Crippen LogP contribution is -2.51. The maximum absolute atomic E-state index is 13.6. The van der Waals surface area contributed by atoms with Crippen molar-refractivity contribution in [2.75, 3.05) is 31.1 Å². The van der Waals surface area contributed by atoms with Crippen LogP contribution in [-0.4, -0.2) is 47.1 Å². The van der Waals surface area contributed by atoms with Crippen molar-refractivity contribution < 1.29 is 13.2 Å². The van der Waals surface area contributed by atoms with Gasteiger partial charge in [-0.3, -0.25) is 4.90 Å². The summed E-state index contributed by atoms with van der Waals surface area (Å²) >= 11 is 0. The SMILES string of the molecule is FC(F)(F)c1nc2ccccc2nc1N1CCN(C2CCCCC2)CC1. The molecule has 0 amide bonds. The fourth-order valence-electron chi connectivity index (χ4n) is 4.15. The molecule has 0 unspecified atom stereocenters. The topological polar surface area (TPSA) is 32.3 Å². The molecule has 2 aromatic rings. The zero-order valence-corrected chi connectivity index (χ0v) is 14.7. The van der Waals surface area contributed by atoms with Crippen molar-refractivity contribution in [3.05, 3.63) is 30.0 Å². The Bertz CT molecular complexity index is 763. The van der Waals surface area contributed by atoms with Crippen LogP contribution in [0.5, 0.6) is 0 Å². The molecule has 26 heavy (non-hydrogen) atoms. The van der Waals surface area contributed by atoms with Gasteiger partial charge < -0.3 is 4.90 Å². The molecule has 1 aliphatic heterocycles. The van der Waals surface area contributed by atoms with Gasteiger partial charge in [0.15, 0.2) is 11.5 Å². The van der Waals surface area contributed by atoms with E-state index in [1.807, 2.05) is 0 Å². The molecule has 0 bridgehead atoms. The normalized spacial score (nSPS) is 20.7. The van der Waals surface area contributed by atoms with Crippen LogP contribution < -0.4 is 4.90 Å². The monoisotopic (exact) mass is 364 g/mol. The molecule has 7 heteroatoms. The fourth-order valence-corrected chi connectivity index (χ4v) is 4.15. The zero-order valence-electron chi connectivity index (χ0n) is 14.7. The molecular weight excluding hydrogens is 341 g/mol. The summed E-state index contributed by atoms with van der Waals surface area (Å²) in [5.41, 5.74) is -0.0862. The Labute approximate surface area is 151 Å². The average molecular weight is 364 g/mol. The van der Waals surface area contributed by atoms with E-state index in [0.717, 1.165) is 13.1 Å². The first-order chi connectivity index (χ1) is 12.5. The number of para-hydroxylation sites is 2. The van der Waals surface area contributed by atoms with Gasteiger partial charge in [0.1, 0.15) is 0 Å². The molecule has 2 heterocycles. The second-order valence-corrected chi connectivity index (χ2v) is 7.20. The van der Waals surface area contributed by atoms with Gasteiger partial charge in [0, 0.05) is 32.2 Å². The van der Waals surface area contributed by atoms with E-state index in [1.54, 1.807) is 29.2 Å². The van der Waals surface area contributed by atoms with Crippen molar-refractivity contribution in [1.82, 2.24) is 14.9 Å². The Balaban J connectivity index is 1.58. The number of hydrogen-bond acceptors (Lipinski definition) is 4. The molecule has 140 valence electrons. The highest BCUT2D eigenvalue weighted by atomic mass is 19.4. The van der Waals surface area contributed by atoms with Crippen molar-refractivity contribution >= 4 is 16.9 Å². The summed E-state index contributed by atoms with van der Waals surface area (Å²) in [5.74, 6) is -0.0282. The maximum atomic E-state index is 13.6. The molecule has 0 radical (unpaired) electrons. The van der Waals surface area contributed by atoms with Crippen molar-refractivity contribution in [1.29, 1.82) is 0 Å². The molecule has 0 spiro atoms. The second-order valence-electron chi connectivity index (χ2n) is 7.20. The molecule has 1 aromatic heterocycles. The van der Waals surface area contributed by atoms with Crippen LogP contribution >= 0.6 is 0 Å². The highest BCUT2D eigenvalue weighted by Crippen LogP contribution is 2.36. The highest BCUT2D eigenvalue weighted by molar-refractivity contribution is 5.76. The standard InChI is InChI=1S/C19H23F3N4/c20-19(21,22)17-18(24-16-9-5-4-8-15(16)23-17)26-12-10-25(11-13-26)14-6-2-1-3-7-14/h4-5,8-9,14H,1-3,6-7,10-13H2. The first kappa shape index (κ1) is 17.5. The Morgan fingerprint density at radius 1 is 0.846 bits per heavy atom. The minimum absolute atomic E-state index is 0.0282. The van der Waals surface area contributed by atoms with Gasteiger partial charge in [-0.15, -0.1) is 0 Å². The predicted molar refractivity (Wildman–Crippen MR) is 95.2 cm³/mol. The molecule has 1 aromatic carbocycles. The van der Waals surface area contributed by atoms with Crippen LogP contribution in [0.1, 0.15) is 37.8 Å². The number of aromatic nitrogens is 2. The van der Waals surface area contributed by atoms with Crippen LogP contribution in [0.4, 0.5) is 19.0 Å². The van der Waals surface area contributed by atoms with E-state index in [0.29, 0.717) is 24.6 Å². The van der Waals surface area contributed by atoms with Gasteiger partial charge >= 0.3 is 6.18 Å². The number of alkyl halides is 3. The molecule has 1 saturated carbocycles. The number of nitrogens with zero attached hydrogens (tertiary/aromatic N) is 4. The van der Waals surface area contributed by atoms with Gasteiger partial charge in [-0.25, -0.2) is 9.97 Å².